The molecule has 6 nitrogen and oxygen atoms in total. The minimum absolute atomic E-state index is 0.167. The standard InChI is InChI=1S/C22H21N3O3S3/c1-24-20-17-6-3-2-5-15(17)8-9-18(20)30-22(24)23-21(26)16-10-12-25(13-11-16)31(27,28)19-7-4-14-29-19/h2-9,14,16H,10-13H2,1H3. The van der Waals surface area contributed by atoms with E-state index in [0.29, 0.717) is 34.9 Å². The van der Waals surface area contributed by atoms with Gasteiger partial charge in [0.25, 0.3) is 15.9 Å². The van der Waals surface area contributed by atoms with Gasteiger partial charge in [-0.05, 0) is 35.7 Å². The van der Waals surface area contributed by atoms with Gasteiger partial charge in [-0.3, -0.25) is 4.79 Å². The molecular weight excluding hydrogens is 450 g/mol. The van der Waals surface area contributed by atoms with Gasteiger partial charge in [0.1, 0.15) is 4.21 Å². The van der Waals surface area contributed by atoms with E-state index in [0.717, 1.165) is 21.0 Å². The molecule has 0 saturated carbocycles. The van der Waals surface area contributed by atoms with E-state index in [1.807, 2.05) is 23.7 Å². The first-order chi connectivity index (χ1) is 14.9. The molecule has 2 aromatic carbocycles. The number of carbonyl (C=O) groups excluding carboxylic acids is 1. The van der Waals surface area contributed by atoms with Crippen molar-refractivity contribution in [2.75, 3.05) is 13.1 Å². The molecule has 4 aromatic rings. The Morgan fingerprint density at radius 3 is 2.58 bits per heavy atom. The van der Waals surface area contributed by atoms with Crippen LogP contribution in [0.4, 0.5) is 0 Å². The van der Waals surface area contributed by atoms with E-state index in [2.05, 4.69) is 29.3 Å². The van der Waals surface area contributed by atoms with Gasteiger partial charge in [-0.15, -0.1) is 11.3 Å². The lowest BCUT2D eigenvalue weighted by molar-refractivity contribution is -0.122. The average molecular weight is 472 g/mol. The topological polar surface area (TPSA) is 71.7 Å². The Balaban J connectivity index is 1.39. The number of aryl methyl sites for hydroxylation is 1. The van der Waals surface area contributed by atoms with Crippen molar-refractivity contribution in [3.05, 3.63) is 58.7 Å². The third-order valence-corrected chi connectivity index (χ3v) is 10.2. The lowest BCUT2D eigenvalue weighted by Gasteiger charge is -2.29. The van der Waals surface area contributed by atoms with Gasteiger partial charge in [0.2, 0.25) is 0 Å². The smallest absolute Gasteiger partial charge is 0.252 e. The summed E-state index contributed by atoms with van der Waals surface area (Å²) >= 11 is 2.72. The predicted octanol–water partition coefficient (Wildman–Crippen LogP) is 3.98. The van der Waals surface area contributed by atoms with Crippen LogP contribution < -0.4 is 4.80 Å². The Morgan fingerprint density at radius 2 is 1.84 bits per heavy atom. The van der Waals surface area contributed by atoms with Crippen LogP contribution in [0, 0.1) is 5.92 Å². The van der Waals surface area contributed by atoms with E-state index in [-0.39, 0.29) is 11.8 Å². The molecule has 1 aliphatic rings. The molecule has 3 heterocycles. The number of thiazole rings is 1. The third-order valence-electron chi connectivity index (χ3n) is 5.79. The van der Waals surface area contributed by atoms with Crippen LogP contribution in [0.2, 0.25) is 0 Å². The molecule has 160 valence electrons. The van der Waals surface area contributed by atoms with Crippen LogP contribution in [0.1, 0.15) is 12.8 Å². The van der Waals surface area contributed by atoms with Crippen molar-refractivity contribution in [3.63, 3.8) is 0 Å². The number of amides is 1. The molecule has 2 aromatic heterocycles. The second kappa shape index (κ2) is 7.98. The van der Waals surface area contributed by atoms with Crippen molar-refractivity contribution < 1.29 is 13.2 Å². The van der Waals surface area contributed by atoms with Crippen molar-refractivity contribution in [1.29, 1.82) is 0 Å². The molecule has 0 aliphatic carbocycles. The highest BCUT2D eigenvalue weighted by Crippen LogP contribution is 2.28. The number of aromatic nitrogens is 1. The molecule has 0 unspecified atom stereocenters. The highest BCUT2D eigenvalue weighted by molar-refractivity contribution is 7.91. The molecule has 0 atom stereocenters. The Morgan fingerprint density at radius 1 is 1.06 bits per heavy atom. The van der Waals surface area contributed by atoms with Crippen molar-refractivity contribution in [2.45, 2.75) is 17.1 Å². The number of hydrogen-bond donors (Lipinski definition) is 0. The summed E-state index contributed by atoms with van der Waals surface area (Å²) in [6.07, 6.45) is 0.981. The van der Waals surface area contributed by atoms with Crippen LogP contribution in [-0.2, 0) is 21.9 Å². The number of benzene rings is 2. The summed E-state index contributed by atoms with van der Waals surface area (Å²) in [7, 11) is -1.53. The molecule has 1 aliphatic heterocycles. The minimum Gasteiger partial charge on any atom is -0.319 e. The van der Waals surface area contributed by atoms with Crippen molar-refractivity contribution in [2.24, 2.45) is 18.0 Å². The number of nitrogens with zero attached hydrogens (tertiary/aromatic N) is 3. The summed E-state index contributed by atoms with van der Waals surface area (Å²) in [6, 6.07) is 15.7. The van der Waals surface area contributed by atoms with Gasteiger partial charge >= 0.3 is 0 Å². The Labute approximate surface area is 188 Å². The minimum atomic E-state index is -3.46. The van der Waals surface area contributed by atoms with Crippen LogP contribution in [0.15, 0.2) is 63.1 Å². The normalized spacial score (nSPS) is 17.0. The van der Waals surface area contributed by atoms with Crippen LogP contribution in [0.5, 0.6) is 0 Å². The molecule has 1 amide bonds. The third kappa shape index (κ3) is 3.65. The maximum Gasteiger partial charge on any atom is 0.252 e. The quantitative estimate of drug-likeness (QED) is 0.454. The van der Waals surface area contributed by atoms with Crippen LogP contribution in [0.25, 0.3) is 21.0 Å². The number of rotatable bonds is 3. The first kappa shape index (κ1) is 20.6. The van der Waals surface area contributed by atoms with Crippen molar-refractivity contribution >= 4 is 59.6 Å². The number of thiophene rings is 1. The lowest BCUT2D eigenvalue weighted by Crippen LogP contribution is -2.40. The van der Waals surface area contributed by atoms with Crippen molar-refractivity contribution in [1.82, 2.24) is 8.87 Å². The fraction of sp³-hybridized carbons (Fsp3) is 0.273. The maximum atomic E-state index is 12.9. The fourth-order valence-corrected chi connectivity index (χ4v) is 7.74. The van der Waals surface area contributed by atoms with Gasteiger partial charge in [0.05, 0.1) is 10.2 Å². The fourth-order valence-electron chi connectivity index (χ4n) is 4.09. The zero-order valence-electron chi connectivity index (χ0n) is 16.9. The van der Waals surface area contributed by atoms with E-state index < -0.39 is 10.0 Å². The van der Waals surface area contributed by atoms with Gasteiger partial charge in [-0.1, -0.05) is 47.7 Å². The summed E-state index contributed by atoms with van der Waals surface area (Å²) in [6.45, 7) is 0.685. The molecule has 1 saturated heterocycles. The van der Waals surface area contributed by atoms with Crippen molar-refractivity contribution in [3.8, 4) is 0 Å². The second-order valence-corrected chi connectivity index (χ2v) is 11.8. The average Bonchev–Trinajstić information content (AvgIpc) is 3.43. The zero-order chi connectivity index (χ0) is 21.6. The molecule has 1 fully saturated rings. The largest absolute Gasteiger partial charge is 0.319 e. The number of piperidine rings is 1. The number of fused-ring (bicyclic) bond motifs is 3. The SMILES string of the molecule is Cn1c(=NC(=O)C2CCN(S(=O)(=O)c3cccs3)CC2)sc2ccc3ccccc3c21. The Kier molecular flexibility index (Phi) is 5.29. The lowest BCUT2D eigenvalue weighted by atomic mass is 9.98. The number of sulfonamides is 1. The van der Waals surface area contributed by atoms with Gasteiger partial charge in [0, 0.05) is 31.4 Å². The van der Waals surface area contributed by atoms with E-state index in [9.17, 15) is 13.2 Å². The second-order valence-electron chi connectivity index (χ2n) is 7.64. The molecule has 0 N–H and O–H groups in total. The van der Waals surface area contributed by atoms with Crippen LogP contribution in [0.3, 0.4) is 0 Å². The highest BCUT2D eigenvalue weighted by atomic mass is 32.2. The summed E-state index contributed by atoms with van der Waals surface area (Å²) < 4.78 is 30.3. The van der Waals surface area contributed by atoms with E-state index in [1.165, 1.54) is 27.0 Å². The van der Waals surface area contributed by atoms with E-state index >= 15 is 0 Å². The van der Waals surface area contributed by atoms with E-state index in [4.69, 9.17) is 0 Å². The molecule has 5 rings (SSSR count). The molecular formula is C22H21N3O3S3. The Hall–Kier alpha value is -2.33. The summed E-state index contributed by atoms with van der Waals surface area (Å²) in [5, 5.41) is 4.05. The number of hydrogen-bond acceptors (Lipinski definition) is 5. The summed E-state index contributed by atoms with van der Waals surface area (Å²) in [5.41, 5.74) is 1.08. The van der Waals surface area contributed by atoms with Gasteiger partial charge in [-0.2, -0.15) is 9.30 Å². The van der Waals surface area contributed by atoms with Crippen LogP contribution >= 0.6 is 22.7 Å². The molecule has 0 spiro atoms. The van der Waals surface area contributed by atoms with E-state index in [1.54, 1.807) is 17.5 Å². The first-order valence-corrected chi connectivity index (χ1v) is 13.2. The highest BCUT2D eigenvalue weighted by Gasteiger charge is 2.32. The molecule has 9 heteroatoms. The van der Waals surface area contributed by atoms with Gasteiger partial charge in [0.15, 0.2) is 4.80 Å². The Bertz CT molecular complexity index is 1440. The molecule has 0 bridgehead atoms. The van der Waals surface area contributed by atoms with Crippen LogP contribution in [-0.4, -0.2) is 36.3 Å². The van der Waals surface area contributed by atoms with Gasteiger partial charge in [-0.25, -0.2) is 8.42 Å². The molecule has 31 heavy (non-hydrogen) atoms. The molecule has 0 radical (unpaired) electrons. The summed E-state index contributed by atoms with van der Waals surface area (Å²) in [4.78, 5) is 18.0. The maximum absolute atomic E-state index is 12.9. The van der Waals surface area contributed by atoms with Gasteiger partial charge < -0.3 is 4.57 Å². The monoisotopic (exact) mass is 471 g/mol. The zero-order valence-corrected chi connectivity index (χ0v) is 19.3. The summed E-state index contributed by atoms with van der Waals surface area (Å²) in [5.74, 6) is -0.420. The predicted molar refractivity (Wildman–Crippen MR) is 125 cm³/mol. The number of carbonyl (C=O) groups is 1. The first-order valence-electron chi connectivity index (χ1n) is 10.0.